The van der Waals surface area contributed by atoms with Crippen molar-refractivity contribution in [3.05, 3.63) is 35.4 Å². The fraction of sp³-hybridized carbons (Fsp3) is 0.438. The molecule has 0 N–H and O–H groups in total. The molecule has 2 rings (SSSR count). The van der Waals surface area contributed by atoms with Gasteiger partial charge in [-0.3, -0.25) is 9.59 Å². The third-order valence-electron chi connectivity index (χ3n) is 3.56. The Morgan fingerprint density at radius 3 is 2.18 bits per heavy atom. The average molecular weight is 305 g/mol. The van der Waals surface area contributed by atoms with E-state index < -0.39 is 17.8 Å². The summed E-state index contributed by atoms with van der Waals surface area (Å²) in [5.74, 6) is -1.83. The fourth-order valence-electron chi connectivity index (χ4n) is 2.24. The Bertz CT molecular complexity index is 573. The zero-order valence-electron chi connectivity index (χ0n) is 12.9. The predicted octanol–water partition coefficient (Wildman–Crippen LogP) is 2.19. The van der Waals surface area contributed by atoms with Gasteiger partial charge < -0.3 is 9.57 Å². The highest BCUT2D eigenvalue weighted by Crippen LogP contribution is 2.27. The quantitative estimate of drug-likeness (QED) is 0.753. The normalized spacial score (nSPS) is 14.2. The van der Waals surface area contributed by atoms with Crippen molar-refractivity contribution in [1.29, 1.82) is 0 Å². The summed E-state index contributed by atoms with van der Waals surface area (Å²) in [7, 11) is 1.59. The number of amides is 2. The average Bonchev–Trinajstić information content (AvgIpc) is 2.70. The summed E-state index contributed by atoms with van der Waals surface area (Å²) in [6.07, 6.45) is 0.754. The molecule has 1 aromatic carbocycles. The van der Waals surface area contributed by atoms with E-state index in [0.717, 1.165) is 0 Å². The molecule has 1 heterocycles. The van der Waals surface area contributed by atoms with Crippen molar-refractivity contribution in [2.75, 3.05) is 13.7 Å². The van der Waals surface area contributed by atoms with Crippen molar-refractivity contribution in [3.63, 3.8) is 0 Å². The van der Waals surface area contributed by atoms with Crippen LogP contribution in [-0.2, 0) is 14.4 Å². The minimum atomic E-state index is -0.615. The second-order valence-electron chi connectivity index (χ2n) is 6.00. The monoisotopic (exact) mass is 305 g/mol. The van der Waals surface area contributed by atoms with Crippen LogP contribution in [0.1, 0.15) is 47.4 Å². The van der Waals surface area contributed by atoms with Gasteiger partial charge in [-0.25, -0.2) is 4.79 Å². The van der Waals surface area contributed by atoms with Crippen molar-refractivity contribution in [1.82, 2.24) is 5.06 Å². The van der Waals surface area contributed by atoms with E-state index in [2.05, 4.69) is 0 Å². The number of hydrogen-bond acceptors (Lipinski definition) is 5. The molecule has 6 nitrogen and oxygen atoms in total. The van der Waals surface area contributed by atoms with Crippen LogP contribution in [0.25, 0.3) is 0 Å². The topological polar surface area (TPSA) is 72.9 Å². The minimum Gasteiger partial charge on any atom is -0.385 e. The van der Waals surface area contributed by atoms with E-state index >= 15 is 0 Å². The molecule has 1 aliphatic heterocycles. The molecule has 0 fully saturated rings. The van der Waals surface area contributed by atoms with Crippen LogP contribution in [0.3, 0.4) is 0 Å². The highest BCUT2D eigenvalue weighted by atomic mass is 16.7. The van der Waals surface area contributed by atoms with Gasteiger partial charge in [-0.2, -0.15) is 0 Å². The molecule has 2 amide bonds. The first-order valence-corrected chi connectivity index (χ1v) is 7.03. The SMILES string of the molecule is COCCC(C)(C)CC(=O)ON1C(=O)c2ccccc2C1=O. The Morgan fingerprint density at radius 1 is 1.14 bits per heavy atom. The van der Waals surface area contributed by atoms with Gasteiger partial charge in [0.1, 0.15) is 0 Å². The number of fused-ring (bicyclic) bond motifs is 1. The van der Waals surface area contributed by atoms with Crippen LogP contribution in [-0.4, -0.2) is 36.6 Å². The van der Waals surface area contributed by atoms with Crippen LogP contribution in [0.15, 0.2) is 24.3 Å². The molecule has 118 valence electrons. The number of rotatable bonds is 6. The summed E-state index contributed by atoms with van der Waals surface area (Å²) in [5, 5.41) is 0.541. The van der Waals surface area contributed by atoms with E-state index in [4.69, 9.17) is 9.57 Å². The molecule has 0 unspecified atom stereocenters. The van der Waals surface area contributed by atoms with E-state index in [9.17, 15) is 14.4 Å². The van der Waals surface area contributed by atoms with Gasteiger partial charge in [0.25, 0.3) is 11.8 Å². The highest BCUT2D eigenvalue weighted by Gasteiger charge is 2.39. The summed E-state index contributed by atoms with van der Waals surface area (Å²) in [5.41, 5.74) is 0.157. The van der Waals surface area contributed by atoms with E-state index in [1.54, 1.807) is 19.2 Å². The summed E-state index contributed by atoms with van der Waals surface area (Å²) in [6.45, 7) is 4.32. The number of hydroxylamine groups is 2. The predicted molar refractivity (Wildman–Crippen MR) is 77.9 cm³/mol. The van der Waals surface area contributed by atoms with Crippen LogP contribution >= 0.6 is 0 Å². The summed E-state index contributed by atoms with van der Waals surface area (Å²) < 4.78 is 5.00. The first-order valence-electron chi connectivity index (χ1n) is 7.03. The second-order valence-corrected chi connectivity index (χ2v) is 6.00. The van der Waals surface area contributed by atoms with Crippen molar-refractivity contribution in [2.45, 2.75) is 26.7 Å². The maximum Gasteiger partial charge on any atom is 0.333 e. The van der Waals surface area contributed by atoms with Gasteiger partial charge in [0.15, 0.2) is 0 Å². The van der Waals surface area contributed by atoms with E-state index in [-0.39, 0.29) is 23.0 Å². The summed E-state index contributed by atoms with van der Waals surface area (Å²) in [4.78, 5) is 41.2. The second kappa shape index (κ2) is 6.27. The smallest absolute Gasteiger partial charge is 0.333 e. The van der Waals surface area contributed by atoms with E-state index in [0.29, 0.717) is 18.1 Å². The van der Waals surface area contributed by atoms with Crippen molar-refractivity contribution in [3.8, 4) is 0 Å². The molecule has 22 heavy (non-hydrogen) atoms. The number of methoxy groups -OCH3 is 1. The van der Waals surface area contributed by atoms with Gasteiger partial charge in [-0.15, -0.1) is 0 Å². The van der Waals surface area contributed by atoms with Crippen molar-refractivity contribution < 1.29 is 24.0 Å². The lowest BCUT2D eigenvalue weighted by Crippen LogP contribution is -2.34. The molecule has 0 saturated carbocycles. The summed E-state index contributed by atoms with van der Waals surface area (Å²) >= 11 is 0. The number of nitrogens with zero attached hydrogens (tertiary/aromatic N) is 1. The first kappa shape index (κ1) is 16.2. The molecule has 0 spiro atoms. The van der Waals surface area contributed by atoms with E-state index in [1.807, 2.05) is 13.8 Å². The molecule has 0 aliphatic carbocycles. The Labute approximate surface area is 129 Å². The lowest BCUT2D eigenvalue weighted by molar-refractivity contribution is -0.171. The molecule has 0 saturated heterocycles. The number of carbonyl (C=O) groups excluding carboxylic acids is 3. The van der Waals surface area contributed by atoms with Crippen LogP contribution in [0.2, 0.25) is 0 Å². The van der Waals surface area contributed by atoms with Gasteiger partial charge in [0.2, 0.25) is 0 Å². The third kappa shape index (κ3) is 3.33. The number of ether oxygens (including phenoxy) is 1. The number of imide groups is 1. The van der Waals surface area contributed by atoms with Gasteiger partial charge in [-0.05, 0) is 24.0 Å². The number of carbonyl (C=O) groups is 3. The lowest BCUT2D eigenvalue weighted by Gasteiger charge is -2.23. The number of benzene rings is 1. The Kier molecular flexibility index (Phi) is 4.61. The Morgan fingerprint density at radius 2 is 1.68 bits per heavy atom. The largest absolute Gasteiger partial charge is 0.385 e. The molecule has 1 aromatic rings. The van der Waals surface area contributed by atoms with Crippen LogP contribution in [0.5, 0.6) is 0 Å². The zero-order valence-corrected chi connectivity index (χ0v) is 12.9. The van der Waals surface area contributed by atoms with Crippen LogP contribution in [0, 0.1) is 5.41 Å². The molecule has 1 aliphatic rings. The molecule has 0 bridgehead atoms. The van der Waals surface area contributed by atoms with Gasteiger partial charge in [0, 0.05) is 13.7 Å². The third-order valence-corrected chi connectivity index (χ3v) is 3.56. The standard InChI is InChI=1S/C16H19NO5/c1-16(2,8-9-21-3)10-13(18)22-17-14(19)11-6-4-5-7-12(11)15(17)20/h4-7H,8-10H2,1-3H3. The van der Waals surface area contributed by atoms with E-state index in [1.165, 1.54) is 12.1 Å². The van der Waals surface area contributed by atoms with Crippen molar-refractivity contribution in [2.24, 2.45) is 5.41 Å². The molecule has 6 heteroatoms. The van der Waals surface area contributed by atoms with Crippen LogP contribution in [0.4, 0.5) is 0 Å². The Balaban J connectivity index is 2.02. The van der Waals surface area contributed by atoms with Crippen molar-refractivity contribution >= 4 is 17.8 Å². The zero-order chi connectivity index (χ0) is 16.3. The molecule has 0 atom stereocenters. The molecular weight excluding hydrogens is 286 g/mol. The first-order chi connectivity index (χ1) is 10.4. The molecular formula is C16H19NO5. The number of hydrogen-bond donors (Lipinski definition) is 0. The van der Waals surface area contributed by atoms with Gasteiger partial charge in [0.05, 0.1) is 17.5 Å². The maximum absolute atomic E-state index is 12.1. The molecule has 0 radical (unpaired) electrons. The van der Waals surface area contributed by atoms with Gasteiger partial charge >= 0.3 is 5.97 Å². The molecule has 0 aromatic heterocycles. The van der Waals surface area contributed by atoms with Crippen LogP contribution < -0.4 is 0 Å². The Hall–Kier alpha value is -2.21. The maximum atomic E-state index is 12.1. The fourth-order valence-corrected chi connectivity index (χ4v) is 2.24. The minimum absolute atomic E-state index is 0.0871. The summed E-state index contributed by atoms with van der Waals surface area (Å²) in [6, 6.07) is 6.38. The highest BCUT2D eigenvalue weighted by molar-refractivity contribution is 6.20. The lowest BCUT2D eigenvalue weighted by atomic mass is 9.86. The van der Waals surface area contributed by atoms with Gasteiger partial charge in [-0.1, -0.05) is 31.0 Å².